The van der Waals surface area contributed by atoms with Crippen LogP contribution < -0.4 is 10.5 Å². The van der Waals surface area contributed by atoms with E-state index in [9.17, 15) is 0 Å². The Labute approximate surface area is 113 Å². The average molecular weight is 254 g/mol. The molecular weight excluding hydrogens is 236 g/mol. The van der Waals surface area contributed by atoms with E-state index < -0.39 is 0 Å². The summed E-state index contributed by atoms with van der Waals surface area (Å²) in [5, 5.41) is 7.44. The lowest BCUT2D eigenvalue weighted by molar-refractivity contribution is 0.304. The van der Waals surface area contributed by atoms with Gasteiger partial charge in [-0.1, -0.05) is 42.0 Å². The van der Waals surface area contributed by atoms with Gasteiger partial charge in [0.2, 0.25) is 0 Å². The molecule has 3 nitrogen and oxygen atoms in total. The number of hydrogen-bond donors (Lipinski definition) is 2. The third-order valence-electron chi connectivity index (χ3n) is 3.01. The molecule has 0 saturated heterocycles. The van der Waals surface area contributed by atoms with Crippen molar-refractivity contribution in [3.63, 3.8) is 0 Å². The van der Waals surface area contributed by atoms with Crippen LogP contribution in [0.15, 0.2) is 42.5 Å². The van der Waals surface area contributed by atoms with Gasteiger partial charge in [0, 0.05) is 5.56 Å². The standard InChI is InChI=1S/C16H18N2O/c1-11-3-6-13(7-4-11)10-19-15-9-14(16(17)18)8-5-12(15)2/h3-9H,10H2,1-2H3,(H3,17,18). The van der Waals surface area contributed by atoms with Gasteiger partial charge in [-0.15, -0.1) is 0 Å². The Morgan fingerprint density at radius 1 is 1.11 bits per heavy atom. The van der Waals surface area contributed by atoms with E-state index in [-0.39, 0.29) is 5.84 Å². The number of hydrogen-bond acceptors (Lipinski definition) is 2. The number of aryl methyl sites for hydroxylation is 2. The monoisotopic (exact) mass is 254 g/mol. The molecule has 0 atom stereocenters. The largest absolute Gasteiger partial charge is 0.489 e. The van der Waals surface area contributed by atoms with Crippen molar-refractivity contribution in [1.82, 2.24) is 0 Å². The van der Waals surface area contributed by atoms with Gasteiger partial charge in [0.05, 0.1) is 0 Å². The highest BCUT2D eigenvalue weighted by molar-refractivity contribution is 5.95. The Balaban J connectivity index is 2.12. The van der Waals surface area contributed by atoms with Crippen LogP contribution >= 0.6 is 0 Å². The van der Waals surface area contributed by atoms with Gasteiger partial charge in [-0.05, 0) is 31.0 Å². The number of rotatable bonds is 4. The minimum Gasteiger partial charge on any atom is -0.489 e. The molecule has 2 aromatic rings. The molecule has 2 rings (SSSR count). The summed E-state index contributed by atoms with van der Waals surface area (Å²) in [6.07, 6.45) is 0. The van der Waals surface area contributed by atoms with Crippen LogP contribution in [-0.2, 0) is 6.61 Å². The molecule has 0 heterocycles. The summed E-state index contributed by atoms with van der Waals surface area (Å²) < 4.78 is 5.80. The Hall–Kier alpha value is -2.29. The van der Waals surface area contributed by atoms with Crippen molar-refractivity contribution in [1.29, 1.82) is 5.41 Å². The molecule has 0 unspecified atom stereocenters. The number of ether oxygens (including phenoxy) is 1. The molecule has 0 fully saturated rings. The van der Waals surface area contributed by atoms with Crippen molar-refractivity contribution in [2.24, 2.45) is 5.73 Å². The molecule has 0 aliphatic carbocycles. The molecule has 0 bridgehead atoms. The molecule has 2 aromatic carbocycles. The van der Waals surface area contributed by atoms with Crippen molar-refractivity contribution in [2.45, 2.75) is 20.5 Å². The highest BCUT2D eigenvalue weighted by Gasteiger charge is 2.04. The second-order valence-corrected chi connectivity index (χ2v) is 4.67. The topological polar surface area (TPSA) is 59.1 Å². The minimum absolute atomic E-state index is 0.0557. The fourth-order valence-corrected chi connectivity index (χ4v) is 1.77. The molecule has 0 aliphatic heterocycles. The zero-order valence-electron chi connectivity index (χ0n) is 11.2. The van der Waals surface area contributed by atoms with Crippen LogP contribution in [0.3, 0.4) is 0 Å². The van der Waals surface area contributed by atoms with Crippen LogP contribution in [-0.4, -0.2) is 5.84 Å². The maximum atomic E-state index is 7.44. The van der Waals surface area contributed by atoms with Gasteiger partial charge < -0.3 is 10.5 Å². The zero-order chi connectivity index (χ0) is 13.8. The molecular formula is C16H18N2O. The molecule has 3 heteroatoms. The smallest absolute Gasteiger partial charge is 0.123 e. The maximum absolute atomic E-state index is 7.44. The predicted octanol–water partition coefficient (Wildman–Crippen LogP) is 3.17. The highest BCUT2D eigenvalue weighted by atomic mass is 16.5. The lowest BCUT2D eigenvalue weighted by atomic mass is 10.1. The number of nitrogens with one attached hydrogen (secondary N) is 1. The second-order valence-electron chi connectivity index (χ2n) is 4.67. The summed E-state index contributed by atoms with van der Waals surface area (Å²) in [7, 11) is 0. The molecule has 0 saturated carbocycles. The summed E-state index contributed by atoms with van der Waals surface area (Å²) >= 11 is 0. The van der Waals surface area contributed by atoms with E-state index in [1.165, 1.54) is 5.56 Å². The van der Waals surface area contributed by atoms with E-state index in [1.54, 1.807) is 0 Å². The van der Waals surface area contributed by atoms with Gasteiger partial charge in [-0.25, -0.2) is 0 Å². The molecule has 0 aromatic heterocycles. The van der Waals surface area contributed by atoms with Crippen LogP contribution in [0.5, 0.6) is 5.75 Å². The van der Waals surface area contributed by atoms with Gasteiger partial charge in [0.25, 0.3) is 0 Å². The second kappa shape index (κ2) is 5.57. The van der Waals surface area contributed by atoms with Gasteiger partial charge >= 0.3 is 0 Å². The first-order valence-corrected chi connectivity index (χ1v) is 6.19. The van der Waals surface area contributed by atoms with Gasteiger partial charge in [-0.3, -0.25) is 5.41 Å². The first kappa shape index (κ1) is 13.1. The molecule has 98 valence electrons. The van der Waals surface area contributed by atoms with E-state index >= 15 is 0 Å². The van der Waals surface area contributed by atoms with Crippen molar-refractivity contribution >= 4 is 5.84 Å². The van der Waals surface area contributed by atoms with Crippen LogP contribution in [0, 0.1) is 19.3 Å². The molecule has 0 radical (unpaired) electrons. The fourth-order valence-electron chi connectivity index (χ4n) is 1.77. The van der Waals surface area contributed by atoms with Gasteiger partial charge in [-0.2, -0.15) is 0 Å². The zero-order valence-corrected chi connectivity index (χ0v) is 11.2. The third-order valence-corrected chi connectivity index (χ3v) is 3.01. The van der Waals surface area contributed by atoms with E-state index in [1.807, 2.05) is 25.1 Å². The maximum Gasteiger partial charge on any atom is 0.123 e. The number of nitrogen functional groups attached to an aromatic ring is 1. The van der Waals surface area contributed by atoms with Crippen molar-refractivity contribution in [2.75, 3.05) is 0 Å². The van der Waals surface area contributed by atoms with Crippen molar-refractivity contribution in [3.05, 3.63) is 64.7 Å². The fraction of sp³-hybridized carbons (Fsp3) is 0.188. The Bertz CT molecular complexity index is 588. The van der Waals surface area contributed by atoms with Crippen LogP contribution in [0.2, 0.25) is 0 Å². The number of nitrogens with two attached hydrogens (primary N) is 1. The number of benzene rings is 2. The molecule has 3 N–H and O–H groups in total. The average Bonchev–Trinajstić information content (AvgIpc) is 2.39. The minimum atomic E-state index is 0.0557. The summed E-state index contributed by atoms with van der Waals surface area (Å²) in [6.45, 7) is 4.56. The molecule has 0 aliphatic rings. The molecule has 0 amide bonds. The summed E-state index contributed by atoms with van der Waals surface area (Å²) in [5.41, 5.74) is 9.57. The predicted molar refractivity (Wildman–Crippen MR) is 77.7 cm³/mol. The summed E-state index contributed by atoms with van der Waals surface area (Å²) in [5.74, 6) is 0.827. The highest BCUT2D eigenvalue weighted by Crippen LogP contribution is 2.20. The van der Waals surface area contributed by atoms with E-state index in [0.29, 0.717) is 12.2 Å². The SMILES string of the molecule is Cc1ccc(COc2cc(C(=N)N)ccc2C)cc1. The van der Waals surface area contributed by atoms with Gasteiger partial charge in [0.15, 0.2) is 0 Å². The first-order valence-electron chi connectivity index (χ1n) is 6.19. The Morgan fingerprint density at radius 2 is 1.79 bits per heavy atom. The molecule has 0 spiro atoms. The lowest BCUT2D eigenvalue weighted by Gasteiger charge is -2.11. The summed E-state index contributed by atoms with van der Waals surface area (Å²) in [6, 6.07) is 13.8. The van der Waals surface area contributed by atoms with Crippen molar-refractivity contribution < 1.29 is 4.74 Å². The van der Waals surface area contributed by atoms with Crippen LogP contribution in [0.25, 0.3) is 0 Å². The molecule has 19 heavy (non-hydrogen) atoms. The van der Waals surface area contributed by atoms with E-state index in [0.717, 1.165) is 16.9 Å². The lowest BCUT2D eigenvalue weighted by Crippen LogP contribution is -2.11. The van der Waals surface area contributed by atoms with E-state index in [4.69, 9.17) is 15.9 Å². The third kappa shape index (κ3) is 3.35. The van der Waals surface area contributed by atoms with E-state index in [2.05, 4.69) is 31.2 Å². The quantitative estimate of drug-likeness (QED) is 0.650. The summed E-state index contributed by atoms with van der Waals surface area (Å²) in [4.78, 5) is 0. The van der Waals surface area contributed by atoms with Gasteiger partial charge in [0.1, 0.15) is 18.2 Å². The Morgan fingerprint density at radius 3 is 2.42 bits per heavy atom. The van der Waals surface area contributed by atoms with Crippen LogP contribution in [0.1, 0.15) is 22.3 Å². The first-order chi connectivity index (χ1) is 9.06. The number of amidine groups is 1. The Kier molecular flexibility index (Phi) is 3.85. The van der Waals surface area contributed by atoms with Crippen molar-refractivity contribution in [3.8, 4) is 5.75 Å². The van der Waals surface area contributed by atoms with Crippen LogP contribution in [0.4, 0.5) is 0 Å². The normalized spacial score (nSPS) is 10.2.